The van der Waals surface area contributed by atoms with E-state index in [1.165, 1.54) is 42.5 Å². The first-order valence-corrected chi connectivity index (χ1v) is 9.51. The minimum Gasteiger partial charge on any atom is -0.461 e. The van der Waals surface area contributed by atoms with Crippen molar-refractivity contribution in [3.05, 3.63) is 64.7 Å². The Bertz CT molecular complexity index is 916. The first kappa shape index (κ1) is 21.2. The molecular formula is C17H15ClF3NO4S. The van der Waals surface area contributed by atoms with E-state index in [9.17, 15) is 26.4 Å². The molecule has 0 saturated carbocycles. The highest BCUT2D eigenvalue weighted by molar-refractivity contribution is 7.89. The number of rotatable bonds is 7. The van der Waals surface area contributed by atoms with E-state index < -0.39 is 34.3 Å². The SMILES string of the molecule is O=C(CCNS(=O)(=O)c1cccc(Cl)c1)OCc1ccccc1C(F)(F)F. The molecule has 0 atom stereocenters. The third-order valence-corrected chi connectivity index (χ3v) is 5.13. The minimum atomic E-state index is -4.56. The number of esters is 1. The van der Waals surface area contributed by atoms with Crippen LogP contribution in [0.1, 0.15) is 17.5 Å². The predicted molar refractivity (Wildman–Crippen MR) is 92.5 cm³/mol. The van der Waals surface area contributed by atoms with Gasteiger partial charge in [-0.15, -0.1) is 0 Å². The lowest BCUT2D eigenvalue weighted by Gasteiger charge is -2.13. The van der Waals surface area contributed by atoms with Crippen LogP contribution in [0.15, 0.2) is 53.4 Å². The fourth-order valence-corrected chi connectivity index (χ4v) is 3.49. The van der Waals surface area contributed by atoms with Crippen LogP contribution in [0.4, 0.5) is 13.2 Å². The Morgan fingerprint density at radius 3 is 2.48 bits per heavy atom. The molecule has 0 heterocycles. The maximum absolute atomic E-state index is 12.9. The molecular weight excluding hydrogens is 407 g/mol. The second-order valence-electron chi connectivity index (χ2n) is 5.42. The molecule has 146 valence electrons. The summed E-state index contributed by atoms with van der Waals surface area (Å²) < 4.78 is 69.7. The van der Waals surface area contributed by atoms with Crippen molar-refractivity contribution in [2.24, 2.45) is 0 Å². The van der Waals surface area contributed by atoms with Crippen molar-refractivity contribution >= 4 is 27.6 Å². The Morgan fingerprint density at radius 2 is 1.81 bits per heavy atom. The van der Waals surface area contributed by atoms with Gasteiger partial charge in [0.15, 0.2) is 0 Å². The van der Waals surface area contributed by atoms with Crippen LogP contribution in [-0.2, 0) is 32.3 Å². The van der Waals surface area contributed by atoms with E-state index in [0.29, 0.717) is 0 Å². The fraction of sp³-hybridized carbons (Fsp3) is 0.235. The van der Waals surface area contributed by atoms with Crippen LogP contribution in [0.3, 0.4) is 0 Å². The monoisotopic (exact) mass is 421 g/mol. The molecule has 0 bridgehead atoms. The van der Waals surface area contributed by atoms with Crippen LogP contribution in [-0.4, -0.2) is 20.9 Å². The van der Waals surface area contributed by atoms with Crippen molar-refractivity contribution in [2.45, 2.75) is 24.1 Å². The van der Waals surface area contributed by atoms with Gasteiger partial charge in [0.25, 0.3) is 0 Å². The van der Waals surface area contributed by atoms with Crippen LogP contribution >= 0.6 is 11.6 Å². The van der Waals surface area contributed by atoms with E-state index in [0.717, 1.165) is 6.07 Å². The Balaban J connectivity index is 1.87. The number of carbonyl (C=O) groups excluding carboxylic acids is 1. The molecule has 0 aliphatic rings. The number of hydrogen-bond donors (Lipinski definition) is 1. The summed E-state index contributed by atoms with van der Waals surface area (Å²) in [7, 11) is -3.86. The van der Waals surface area contributed by atoms with E-state index >= 15 is 0 Å². The van der Waals surface area contributed by atoms with Crippen LogP contribution in [0.25, 0.3) is 0 Å². The van der Waals surface area contributed by atoms with Gasteiger partial charge in [-0.05, 0) is 24.3 Å². The predicted octanol–water partition coefficient (Wildman–Crippen LogP) is 3.77. The van der Waals surface area contributed by atoms with Gasteiger partial charge >= 0.3 is 12.1 Å². The molecule has 27 heavy (non-hydrogen) atoms. The number of nitrogens with one attached hydrogen (secondary N) is 1. The summed E-state index contributed by atoms with van der Waals surface area (Å²) in [6.45, 7) is -0.829. The van der Waals surface area contributed by atoms with Gasteiger partial charge in [0.2, 0.25) is 10.0 Å². The Kier molecular flexibility index (Phi) is 6.85. The Morgan fingerprint density at radius 1 is 1.11 bits per heavy atom. The largest absolute Gasteiger partial charge is 0.461 e. The molecule has 2 aromatic carbocycles. The molecule has 10 heteroatoms. The molecule has 0 saturated heterocycles. The van der Waals surface area contributed by atoms with Crippen molar-refractivity contribution in [2.75, 3.05) is 6.54 Å². The number of carbonyl (C=O) groups is 1. The number of hydrogen-bond acceptors (Lipinski definition) is 4. The van der Waals surface area contributed by atoms with Crippen LogP contribution in [0, 0.1) is 0 Å². The van der Waals surface area contributed by atoms with Crippen molar-refractivity contribution < 1.29 is 31.1 Å². The number of sulfonamides is 1. The van der Waals surface area contributed by atoms with E-state index in [2.05, 4.69) is 4.72 Å². The summed E-state index contributed by atoms with van der Waals surface area (Å²) >= 11 is 5.73. The molecule has 0 radical (unpaired) electrons. The molecule has 0 amide bonds. The van der Waals surface area contributed by atoms with Gasteiger partial charge in [0, 0.05) is 17.1 Å². The van der Waals surface area contributed by atoms with Crippen LogP contribution in [0.5, 0.6) is 0 Å². The quantitative estimate of drug-likeness (QED) is 0.691. The van der Waals surface area contributed by atoms with Gasteiger partial charge in [0.1, 0.15) is 6.61 Å². The average Bonchev–Trinajstić information content (AvgIpc) is 2.59. The fourth-order valence-electron chi connectivity index (χ4n) is 2.16. The van der Waals surface area contributed by atoms with Gasteiger partial charge in [-0.3, -0.25) is 4.79 Å². The Hall–Kier alpha value is -2.10. The first-order chi connectivity index (χ1) is 12.6. The molecule has 0 spiro atoms. The third-order valence-electron chi connectivity index (χ3n) is 3.44. The van der Waals surface area contributed by atoms with Gasteiger partial charge in [0.05, 0.1) is 16.9 Å². The maximum atomic E-state index is 12.9. The zero-order valence-electron chi connectivity index (χ0n) is 13.8. The lowest BCUT2D eigenvalue weighted by molar-refractivity contribution is -0.147. The third kappa shape index (κ3) is 6.23. The minimum absolute atomic E-state index is 0.0672. The maximum Gasteiger partial charge on any atom is 0.416 e. The summed E-state index contributed by atoms with van der Waals surface area (Å²) in [6, 6.07) is 10.3. The van der Waals surface area contributed by atoms with Crippen molar-refractivity contribution in [1.29, 1.82) is 0 Å². The van der Waals surface area contributed by atoms with Gasteiger partial charge in [-0.2, -0.15) is 13.2 Å². The molecule has 0 aliphatic heterocycles. The highest BCUT2D eigenvalue weighted by Crippen LogP contribution is 2.32. The molecule has 0 fully saturated rings. The Labute approximate surface area is 159 Å². The summed E-state index contributed by atoms with van der Waals surface area (Å²) in [4.78, 5) is 11.6. The lowest BCUT2D eigenvalue weighted by atomic mass is 10.1. The second-order valence-corrected chi connectivity index (χ2v) is 7.62. The van der Waals surface area contributed by atoms with E-state index in [1.807, 2.05) is 0 Å². The smallest absolute Gasteiger partial charge is 0.416 e. The van der Waals surface area contributed by atoms with Gasteiger partial charge < -0.3 is 4.74 Å². The van der Waals surface area contributed by atoms with Gasteiger partial charge in [-0.1, -0.05) is 35.9 Å². The van der Waals surface area contributed by atoms with Gasteiger partial charge in [-0.25, -0.2) is 13.1 Å². The average molecular weight is 422 g/mol. The first-order valence-electron chi connectivity index (χ1n) is 7.65. The summed E-state index contributed by atoms with van der Waals surface area (Å²) in [5.74, 6) is -0.833. The van der Waals surface area contributed by atoms with Crippen molar-refractivity contribution in [1.82, 2.24) is 4.72 Å². The molecule has 0 unspecified atom stereocenters. The number of alkyl halides is 3. The zero-order valence-corrected chi connectivity index (χ0v) is 15.4. The summed E-state index contributed by atoms with van der Waals surface area (Å²) in [5.41, 5.74) is -1.07. The van der Waals surface area contributed by atoms with Crippen LogP contribution in [0.2, 0.25) is 5.02 Å². The lowest BCUT2D eigenvalue weighted by Crippen LogP contribution is -2.26. The molecule has 2 rings (SSSR count). The van der Waals surface area contributed by atoms with Crippen molar-refractivity contribution in [3.8, 4) is 0 Å². The number of benzene rings is 2. The zero-order chi connectivity index (χ0) is 20.1. The molecule has 0 aliphatic carbocycles. The number of halogens is 4. The topological polar surface area (TPSA) is 72.5 Å². The highest BCUT2D eigenvalue weighted by atomic mass is 35.5. The van der Waals surface area contributed by atoms with E-state index in [1.54, 1.807) is 0 Å². The molecule has 5 nitrogen and oxygen atoms in total. The van der Waals surface area contributed by atoms with Crippen molar-refractivity contribution in [3.63, 3.8) is 0 Å². The summed E-state index contributed by atoms with van der Waals surface area (Å²) in [6.07, 6.45) is -4.90. The number of ether oxygens (including phenoxy) is 1. The molecule has 2 aromatic rings. The standard InChI is InChI=1S/C17H15ClF3NO4S/c18-13-5-3-6-14(10-13)27(24,25)22-9-8-16(23)26-11-12-4-1-2-7-15(12)17(19,20)21/h1-7,10,22H,8-9,11H2. The molecule has 1 N–H and O–H groups in total. The summed E-state index contributed by atoms with van der Waals surface area (Å²) in [5, 5.41) is 0.237. The normalized spacial score (nSPS) is 12.0. The van der Waals surface area contributed by atoms with Crippen LogP contribution < -0.4 is 4.72 Å². The molecule has 0 aromatic heterocycles. The highest BCUT2D eigenvalue weighted by Gasteiger charge is 2.33. The van der Waals surface area contributed by atoms with E-state index in [-0.39, 0.29) is 28.4 Å². The second kappa shape index (κ2) is 8.73. The van der Waals surface area contributed by atoms with E-state index in [4.69, 9.17) is 16.3 Å².